The Hall–Kier alpha value is -3.81. The summed E-state index contributed by atoms with van der Waals surface area (Å²) in [4.78, 5) is 28.0. The van der Waals surface area contributed by atoms with Crippen molar-refractivity contribution in [3.05, 3.63) is 59.5 Å². The highest BCUT2D eigenvalue weighted by Crippen LogP contribution is 2.33. The number of hydrogen-bond donors (Lipinski definition) is 0. The van der Waals surface area contributed by atoms with E-state index in [1.807, 2.05) is 6.07 Å². The van der Waals surface area contributed by atoms with Gasteiger partial charge in [-0.25, -0.2) is 9.59 Å². The Balaban J connectivity index is 1.42. The van der Waals surface area contributed by atoms with Crippen LogP contribution in [0.5, 0.6) is 17.4 Å². The minimum absolute atomic E-state index is 0.234. The van der Waals surface area contributed by atoms with Gasteiger partial charge in [0.15, 0.2) is 0 Å². The predicted molar refractivity (Wildman–Crippen MR) is 142 cm³/mol. The molecule has 1 aromatic carbocycles. The van der Waals surface area contributed by atoms with Gasteiger partial charge in [-0.1, -0.05) is 45.1 Å². The molecule has 0 amide bonds. The summed E-state index contributed by atoms with van der Waals surface area (Å²) in [5, 5.41) is 0.693. The zero-order valence-corrected chi connectivity index (χ0v) is 21.6. The number of rotatable bonds is 16. The lowest BCUT2D eigenvalue weighted by molar-refractivity contribution is -0.137. The first kappa shape index (κ1) is 27.8. The summed E-state index contributed by atoms with van der Waals surface area (Å²) in [6, 6.07) is 10.6. The average Bonchev–Trinajstić information content (AvgIpc) is 2.92. The molecule has 0 saturated heterocycles. The Bertz CT molecular complexity index is 1230. The molecule has 0 spiro atoms. The molecule has 0 saturated carbocycles. The van der Waals surface area contributed by atoms with Gasteiger partial charge in [0.25, 0.3) is 0 Å². The standard InChI is InChI=1S/C29H35NO7/c1-4-27(31)36-18-12-10-8-6-5-7-9-11-17-35-26-16-13-21-19-24(29(32)37-28(21)30-26)23-15-14-22(33-2)20-25(23)34-3/h4,13-16,19-20H,1,5-12,17-18H2,2-3H3. The molecule has 8 heteroatoms. The van der Waals surface area contributed by atoms with E-state index in [-0.39, 0.29) is 11.7 Å². The molecule has 0 bridgehead atoms. The van der Waals surface area contributed by atoms with Crippen molar-refractivity contribution >= 4 is 17.1 Å². The van der Waals surface area contributed by atoms with Crippen molar-refractivity contribution < 1.29 is 28.2 Å². The van der Waals surface area contributed by atoms with Crippen LogP contribution in [0.25, 0.3) is 22.2 Å². The summed E-state index contributed by atoms with van der Waals surface area (Å²) < 4.78 is 26.9. The van der Waals surface area contributed by atoms with E-state index in [2.05, 4.69) is 11.6 Å². The molecular weight excluding hydrogens is 474 g/mol. The van der Waals surface area contributed by atoms with Gasteiger partial charge in [0.1, 0.15) is 11.5 Å². The lowest BCUT2D eigenvalue weighted by atomic mass is 10.1. The van der Waals surface area contributed by atoms with Crippen LogP contribution < -0.4 is 19.8 Å². The first-order chi connectivity index (χ1) is 18.0. The Labute approximate surface area is 217 Å². The van der Waals surface area contributed by atoms with E-state index < -0.39 is 5.63 Å². The molecule has 3 aromatic rings. The zero-order valence-electron chi connectivity index (χ0n) is 21.6. The maximum Gasteiger partial charge on any atom is 0.345 e. The molecule has 37 heavy (non-hydrogen) atoms. The molecule has 0 fully saturated rings. The van der Waals surface area contributed by atoms with Crippen LogP contribution in [0.3, 0.4) is 0 Å². The number of methoxy groups -OCH3 is 2. The van der Waals surface area contributed by atoms with Gasteiger partial charge in [0.05, 0.1) is 33.0 Å². The Morgan fingerprint density at radius 2 is 1.59 bits per heavy atom. The summed E-state index contributed by atoms with van der Waals surface area (Å²) in [6.45, 7) is 4.39. The molecule has 0 unspecified atom stereocenters. The molecule has 0 N–H and O–H groups in total. The topological polar surface area (TPSA) is 97.1 Å². The van der Waals surface area contributed by atoms with E-state index in [1.165, 1.54) is 18.9 Å². The van der Waals surface area contributed by atoms with E-state index in [0.29, 0.717) is 47.1 Å². The van der Waals surface area contributed by atoms with Crippen LogP contribution in [0.1, 0.15) is 51.4 Å². The highest BCUT2D eigenvalue weighted by atomic mass is 16.5. The average molecular weight is 510 g/mol. The number of carbonyl (C=O) groups is 1. The van der Waals surface area contributed by atoms with Crippen molar-refractivity contribution in [1.82, 2.24) is 4.98 Å². The molecule has 198 valence electrons. The lowest BCUT2D eigenvalue weighted by Crippen LogP contribution is -2.05. The number of esters is 1. The fraction of sp³-hybridized carbons (Fsp3) is 0.414. The van der Waals surface area contributed by atoms with Gasteiger partial charge in [-0.15, -0.1) is 0 Å². The van der Waals surface area contributed by atoms with E-state index >= 15 is 0 Å². The Kier molecular flexibility index (Phi) is 11.0. The van der Waals surface area contributed by atoms with Crippen LogP contribution in [0.15, 0.2) is 58.3 Å². The van der Waals surface area contributed by atoms with Crippen LogP contribution in [0, 0.1) is 0 Å². The quantitative estimate of drug-likeness (QED) is 0.130. The van der Waals surface area contributed by atoms with Gasteiger partial charge in [-0.3, -0.25) is 0 Å². The molecule has 8 nitrogen and oxygen atoms in total. The Morgan fingerprint density at radius 3 is 2.27 bits per heavy atom. The smallest absolute Gasteiger partial charge is 0.345 e. The molecule has 0 aliphatic heterocycles. The number of ether oxygens (including phenoxy) is 4. The molecule has 2 aromatic heterocycles. The molecule has 0 radical (unpaired) electrons. The summed E-state index contributed by atoms with van der Waals surface area (Å²) in [6.07, 6.45) is 9.78. The minimum Gasteiger partial charge on any atom is -0.497 e. The van der Waals surface area contributed by atoms with Gasteiger partial charge in [-0.05, 0) is 37.1 Å². The fourth-order valence-corrected chi connectivity index (χ4v) is 3.95. The third-order valence-corrected chi connectivity index (χ3v) is 5.97. The number of carbonyl (C=O) groups excluding carboxylic acids is 1. The predicted octanol–water partition coefficient (Wildman–Crippen LogP) is 6.10. The van der Waals surface area contributed by atoms with E-state index in [9.17, 15) is 9.59 Å². The number of nitrogens with zero attached hydrogens (tertiary/aromatic N) is 1. The highest BCUT2D eigenvalue weighted by Gasteiger charge is 2.14. The molecule has 3 rings (SSSR count). The van der Waals surface area contributed by atoms with Gasteiger partial charge in [0, 0.05) is 29.2 Å². The molecule has 2 heterocycles. The summed E-state index contributed by atoms with van der Waals surface area (Å²) >= 11 is 0. The van der Waals surface area contributed by atoms with Crippen molar-refractivity contribution in [2.24, 2.45) is 0 Å². The second kappa shape index (κ2) is 14.7. The number of hydrogen-bond acceptors (Lipinski definition) is 8. The van der Waals surface area contributed by atoms with Crippen molar-refractivity contribution in [3.63, 3.8) is 0 Å². The van der Waals surface area contributed by atoms with Gasteiger partial charge >= 0.3 is 11.6 Å². The fourth-order valence-electron chi connectivity index (χ4n) is 3.95. The number of benzene rings is 1. The van der Waals surface area contributed by atoms with Crippen LogP contribution in [-0.4, -0.2) is 38.4 Å². The zero-order chi connectivity index (χ0) is 26.5. The largest absolute Gasteiger partial charge is 0.497 e. The summed E-state index contributed by atoms with van der Waals surface area (Å²) in [5.74, 6) is 1.23. The molecule has 0 aliphatic carbocycles. The third kappa shape index (κ3) is 8.37. The highest BCUT2D eigenvalue weighted by molar-refractivity contribution is 5.82. The van der Waals surface area contributed by atoms with E-state index in [1.54, 1.807) is 44.6 Å². The maximum absolute atomic E-state index is 12.7. The van der Waals surface area contributed by atoms with Gasteiger partial charge in [0.2, 0.25) is 11.6 Å². The van der Waals surface area contributed by atoms with Crippen LogP contribution in [0.4, 0.5) is 0 Å². The van der Waals surface area contributed by atoms with Crippen molar-refractivity contribution in [1.29, 1.82) is 0 Å². The van der Waals surface area contributed by atoms with E-state index in [4.69, 9.17) is 23.4 Å². The molecule has 0 atom stereocenters. The third-order valence-electron chi connectivity index (χ3n) is 5.97. The first-order valence-corrected chi connectivity index (χ1v) is 12.6. The van der Waals surface area contributed by atoms with Crippen LogP contribution in [0.2, 0.25) is 0 Å². The summed E-state index contributed by atoms with van der Waals surface area (Å²) in [7, 11) is 3.11. The minimum atomic E-state index is -0.501. The number of unbranched alkanes of at least 4 members (excludes halogenated alkanes) is 7. The van der Waals surface area contributed by atoms with Gasteiger partial charge in [-0.2, -0.15) is 4.98 Å². The second-order valence-corrected chi connectivity index (χ2v) is 8.61. The van der Waals surface area contributed by atoms with Crippen molar-refractivity contribution in [2.75, 3.05) is 27.4 Å². The summed E-state index contributed by atoms with van der Waals surface area (Å²) in [5.41, 5.74) is 0.739. The van der Waals surface area contributed by atoms with Crippen molar-refractivity contribution in [3.8, 4) is 28.5 Å². The maximum atomic E-state index is 12.7. The van der Waals surface area contributed by atoms with Crippen molar-refractivity contribution in [2.45, 2.75) is 51.4 Å². The van der Waals surface area contributed by atoms with Crippen LogP contribution >= 0.6 is 0 Å². The molecular formula is C29H35NO7. The lowest BCUT2D eigenvalue weighted by Gasteiger charge is -2.10. The Morgan fingerprint density at radius 1 is 0.892 bits per heavy atom. The second-order valence-electron chi connectivity index (χ2n) is 8.61. The normalized spacial score (nSPS) is 10.8. The van der Waals surface area contributed by atoms with E-state index in [0.717, 1.165) is 38.5 Å². The first-order valence-electron chi connectivity index (χ1n) is 12.6. The van der Waals surface area contributed by atoms with Gasteiger partial charge < -0.3 is 23.4 Å². The number of fused-ring (bicyclic) bond motifs is 1. The molecule has 0 aliphatic rings. The monoisotopic (exact) mass is 509 g/mol. The number of pyridine rings is 1. The van der Waals surface area contributed by atoms with Crippen LogP contribution in [-0.2, 0) is 9.53 Å². The number of aromatic nitrogens is 1. The SMILES string of the molecule is C=CC(=O)OCCCCCCCCCCOc1ccc2cc(-c3ccc(OC)cc3OC)c(=O)oc2n1.